The number of rotatable bonds is 6. The summed E-state index contributed by atoms with van der Waals surface area (Å²) in [5.74, 6) is 0.225. The molecule has 1 aromatic rings. The molecule has 1 aliphatic rings. The predicted octanol–water partition coefficient (Wildman–Crippen LogP) is 3.58. The van der Waals surface area contributed by atoms with Gasteiger partial charge in [-0.25, -0.2) is 4.79 Å². The van der Waals surface area contributed by atoms with Crippen LogP contribution in [0.4, 0.5) is 5.69 Å². The number of esters is 1. The van der Waals surface area contributed by atoms with Crippen LogP contribution in [-0.2, 0) is 14.3 Å². The van der Waals surface area contributed by atoms with Gasteiger partial charge >= 0.3 is 5.97 Å². The molecule has 1 aliphatic carbocycles. The van der Waals surface area contributed by atoms with Crippen LogP contribution >= 0.6 is 0 Å². The summed E-state index contributed by atoms with van der Waals surface area (Å²) < 4.78 is 10.4. The average Bonchev–Trinajstić information content (AvgIpc) is 2.58. The lowest BCUT2D eigenvalue weighted by Gasteiger charge is -2.27. The van der Waals surface area contributed by atoms with Crippen molar-refractivity contribution < 1.29 is 19.1 Å². The summed E-state index contributed by atoms with van der Waals surface area (Å²) in [6, 6.07) is 6.70. The first-order valence-electron chi connectivity index (χ1n) is 8.75. The molecule has 132 valence electrons. The zero-order chi connectivity index (χ0) is 17.4. The number of carbonyl (C=O) groups excluding carboxylic acids is 2. The lowest BCUT2D eigenvalue weighted by atomic mass is 9.84. The van der Waals surface area contributed by atoms with Gasteiger partial charge in [0.15, 0.2) is 0 Å². The molecule has 24 heavy (non-hydrogen) atoms. The number of hydrogen-bond donors (Lipinski definition) is 1. The highest BCUT2D eigenvalue weighted by atomic mass is 16.5. The third-order valence-corrected chi connectivity index (χ3v) is 4.46. The fraction of sp³-hybridized carbons (Fsp3) is 0.579. The van der Waals surface area contributed by atoms with Crippen LogP contribution in [0.2, 0.25) is 0 Å². The number of carbonyl (C=O) groups is 2. The first-order valence-corrected chi connectivity index (χ1v) is 8.75. The molecule has 0 amide bonds. The van der Waals surface area contributed by atoms with E-state index in [9.17, 15) is 9.59 Å². The molecule has 5 heteroatoms. The summed E-state index contributed by atoms with van der Waals surface area (Å²) in [7, 11) is 1.61. The minimum absolute atomic E-state index is 0.161. The SMILES string of the molecule is CCOC(=O)[C@@H](Nc1ccc(OC)cc1)[C@@H]1CCCCCCC1=O. The molecule has 1 aromatic carbocycles. The van der Waals surface area contributed by atoms with Gasteiger partial charge in [0.1, 0.15) is 17.6 Å². The fourth-order valence-electron chi connectivity index (χ4n) is 3.14. The second kappa shape index (κ2) is 9.30. The number of benzene rings is 1. The number of methoxy groups -OCH3 is 1. The molecule has 0 bridgehead atoms. The third kappa shape index (κ3) is 4.98. The van der Waals surface area contributed by atoms with Gasteiger partial charge in [0, 0.05) is 18.0 Å². The topological polar surface area (TPSA) is 64.6 Å². The first kappa shape index (κ1) is 18.3. The van der Waals surface area contributed by atoms with Crippen molar-refractivity contribution in [3.63, 3.8) is 0 Å². The fourth-order valence-corrected chi connectivity index (χ4v) is 3.14. The average molecular weight is 333 g/mol. The van der Waals surface area contributed by atoms with Crippen molar-refractivity contribution in [1.29, 1.82) is 0 Å². The van der Waals surface area contributed by atoms with E-state index >= 15 is 0 Å². The maximum absolute atomic E-state index is 12.5. The zero-order valence-electron chi connectivity index (χ0n) is 14.5. The number of anilines is 1. The van der Waals surface area contributed by atoms with E-state index in [0.29, 0.717) is 13.0 Å². The van der Waals surface area contributed by atoms with Crippen molar-refractivity contribution in [2.24, 2.45) is 5.92 Å². The zero-order valence-corrected chi connectivity index (χ0v) is 14.5. The van der Waals surface area contributed by atoms with E-state index in [2.05, 4.69) is 5.32 Å². The molecule has 1 N–H and O–H groups in total. The van der Waals surface area contributed by atoms with E-state index in [0.717, 1.165) is 43.5 Å². The van der Waals surface area contributed by atoms with Crippen LogP contribution in [0.5, 0.6) is 5.75 Å². The Hall–Kier alpha value is -2.04. The summed E-state index contributed by atoms with van der Waals surface area (Å²) in [6.45, 7) is 2.09. The van der Waals surface area contributed by atoms with E-state index in [4.69, 9.17) is 9.47 Å². The molecule has 0 aliphatic heterocycles. The highest BCUT2D eigenvalue weighted by Gasteiger charge is 2.34. The van der Waals surface area contributed by atoms with Crippen LogP contribution in [0.3, 0.4) is 0 Å². The Bertz CT molecular complexity index is 541. The highest BCUT2D eigenvalue weighted by molar-refractivity contribution is 5.90. The number of ether oxygens (including phenoxy) is 2. The first-order chi connectivity index (χ1) is 11.7. The summed E-state index contributed by atoms with van der Waals surface area (Å²) in [5.41, 5.74) is 0.781. The minimum Gasteiger partial charge on any atom is -0.497 e. The van der Waals surface area contributed by atoms with Gasteiger partial charge in [-0.05, 0) is 44.0 Å². The summed E-state index contributed by atoms with van der Waals surface area (Å²) in [6.07, 6.45) is 5.36. The van der Waals surface area contributed by atoms with Crippen molar-refractivity contribution in [3.05, 3.63) is 24.3 Å². The summed E-state index contributed by atoms with van der Waals surface area (Å²) in [4.78, 5) is 25.0. The normalized spacial score (nSPS) is 19.8. The standard InChI is InChI=1S/C19H27NO4/c1-3-24-19(22)18(16-8-6-4-5-7-9-17(16)21)20-14-10-12-15(23-2)13-11-14/h10-13,16,18,20H,3-9H2,1-2H3/t16-,18+/m1/s1. The summed E-state index contributed by atoms with van der Waals surface area (Å²) >= 11 is 0. The van der Waals surface area contributed by atoms with E-state index in [1.165, 1.54) is 0 Å². The Morgan fingerprint density at radius 2 is 1.92 bits per heavy atom. The molecule has 0 unspecified atom stereocenters. The van der Waals surface area contributed by atoms with Crippen LogP contribution in [0, 0.1) is 5.92 Å². The van der Waals surface area contributed by atoms with Crippen LogP contribution in [-0.4, -0.2) is 31.5 Å². The maximum Gasteiger partial charge on any atom is 0.329 e. The Labute approximate surface area is 143 Å². The predicted molar refractivity (Wildman–Crippen MR) is 93.2 cm³/mol. The second-order valence-electron chi connectivity index (χ2n) is 6.13. The number of hydrogen-bond acceptors (Lipinski definition) is 5. The monoisotopic (exact) mass is 333 g/mol. The van der Waals surface area contributed by atoms with Gasteiger partial charge < -0.3 is 14.8 Å². The van der Waals surface area contributed by atoms with E-state index in [-0.39, 0.29) is 17.7 Å². The molecule has 1 saturated carbocycles. The van der Waals surface area contributed by atoms with Crippen LogP contribution in [0.25, 0.3) is 0 Å². The van der Waals surface area contributed by atoms with Crippen molar-refractivity contribution in [2.45, 2.75) is 51.5 Å². The van der Waals surface area contributed by atoms with E-state index in [1.54, 1.807) is 14.0 Å². The van der Waals surface area contributed by atoms with Crippen LogP contribution in [0.1, 0.15) is 45.4 Å². The molecular weight excluding hydrogens is 306 g/mol. The van der Waals surface area contributed by atoms with Gasteiger partial charge in [0.2, 0.25) is 0 Å². The Balaban J connectivity index is 2.18. The molecule has 2 atom stereocenters. The molecular formula is C19H27NO4. The largest absolute Gasteiger partial charge is 0.497 e. The van der Waals surface area contributed by atoms with E-state index in [1.807, 2.05) is 24.3 Å². The Morgan fingerprint density at radius 3 is 2.58 bits per heavy atom. The van der Waals surface area contributed by atoms with Gasteiger partial charge in [0.25, 0.3) is 0 Å². The third-order valence-electron chi connectivity index (χ3n) is 4.46. The van der Waals surface area contributed by atoms with E-state index < -0.39 is 6.04 Å². The molecule has 0 aromatic heterocycles. The second-order valence-corrected chi connectivity index (χ2v) is 6.13. The van der Waals surface area contributed by atoms with Gasteiger partial charge in [-0.1, -0.05) is 19.3 Å². The molecule has 0 radical (unpaired) electrons. The number of ketones is 1. The highest BCUT2D eigenvalue weighted by Crippen LogP contribution is 2.26. The lowest BCUT2D eigenvalue weighted by Crippen LogP contribution is -2.42. The Kier molecular flexibility index (Phi) is 7.09. The van der Waals surface area contributed by atoms with Gasteiger partial charge in [-0.3, -0.25) is 4.79 Å². The van der Waals surface area contributed by atoms with Gasteiger partial charge in [-0.15, -0.1) is 0 Å². The van der Waals surface area contributed by atoms with Crippen molar-refractivity contribution in [2.75, 3.05) is 19.0 Å². The minimum atomic E-state index is -0.635. The van der Waals surface area contributed by atoms with Gasteiger partial charge in [0.05, 0.1) is 13.7 Å². The maximum atomic E-state index is 12.5. The van der Waals surface area contributed by atoms with Crippen molar-refractivity contribution in [1.82, 2.24) is 0 Å². The number of nitrogens with one attached hydrogen (secondary N) is 1. The molecule has 5 nitrogen and oxygen atoms in total. The molecule has 0 saturated heterocycles. The molecule has 1 fully saturated rings. The van der Waals surface area contributed by atoms with Crippen LogP contribution in [0.15, 0.2) is 24.3 Å². The molecule has 0 heterocycles. The number of Topliss-reactive ketones (excluding diaryl/α,β-unsaturated/α-hetero) is 1. The quantitative estimate of drug-likeness (QED) is 0.806. The molecule has 0 spiro atoms. The smallest absolute Gasteiger partial charge is 0.329 e. The van der Waals surface area contributed by atoms with Crippen molar-refractivity contribution in [3.8, 4) is 5.75 Å². The lowest BCUT2D eigenvalue weighted by molar-refractivity contribution is -0.147. The summed E-state index contributed by atoms with van der Waals surface area (Å²) in [5, 5.41) is 3.21. The molecule has 2 rings (SSSR count). The van der Waals surface area contributed by atoms with Crippen molar-refractivity contribution >= 4 is 17.4 Å². The van der Waals surface area contributed by atoms with Gasteiger partial charge in [-0.2, -0.15) is 0 Å². The van der Waals surface area contributed by atoms with Crippen LogP contribution < -0.4 is 10.1 Å². The Morgan fingerprint density at radius 1 is 1.21 bits per heavy atom.